The second kappa shape index (κ2) is 5.55. The molecule has 3 rings (SSSR count). The van der Waals surface area contributed by atoms with Crippen LogP contribution in [0.3, 0.4) is 0 Å². The van der Waals surface area contributed by atoms with Gasteiger partial charge in [0.25, 0.3) is 0 Å². The molecule has 1 saturated heterocycles. The number of nitrogens with one attached hydrogen (secondary N) is 2. The fourth-order valence-electron chi connectivity index (χ4n) is 2.79. The first-order valence-electron chi connectivity index (χ1n) is 7.10. The number of rotatable bonds is 4. The maximum Gasteiger partial charge on any atom is 0.242 e. The molecule has 3 amide bonds. The summed E-state index contributed by atoms with van der Waals surface area (Å²) in [4.78, 5) is 36.6. The number of amides is 3. The Hall–Kier alpha value is -2.37. The van der Waals surface area contributed by atoms with Crippen molar-refractivity contribution in [3.8, 4) is 0 Å². The van der Waals surface area contributed by atoms with Gasteiger partial charge in [0.05, 0.1) is 6.42 Å². The van der Waals surface area contributed by atoms with E-state index in [1.54, 1.807) is 4.90 Å². The zero-order valence-electron chi connectivity index (χ0n) is 11.6. The molecule has 0 bridgehead atoms. The lowest BCUT2D eigenvalue weighted by atomic mass is 10.2. The molecule has 6 heteroatoms. The van der Waals surface area contributed by atoms with Crippen molar-refractivity contribution in [1.29, 1.82) is 0 Å². The highest BCUT2D eigenvalue weighted by Gasteiger charge is 2.28. The first kappa shape index (κ1) is 13.6. The maximum absolute atomic E-state index is 12.0. The number of anilines is 1. The van der Waals surface area contributed by atoms with Crippen LogP contribution in [0.2, 0.25) is 0 Å². The number of para-hydroxylation sites is 1. The quantitative estimate of drug-likeness (QED) is 0.816. The van der Waals surface area contributed by atoms with Crippen molar-refractivity contribution in [1.82, 2.24) is 10.6 Å². The highest BCUT2D eigenvalue weighted by atomic mass is 16.2. The van der Waals surface area contributed by atoms with Gasteiger partial charge in [-0.1, -0.05) is 18.2 Å². The number of hydrogen-bond acceptors (Lipinski definition) is 3. The van der Waals surface area contributed by atoms with Crippen molar-refractivity contribution in [2.24, 2.45) is 0 Å². The van der Waals surface area contributed by atoms with Crippen molar-refractivity contribution in [2.45, 2.75) is 25.3 Å². The molecule has 0 radical (unpaired) electrons. The molecule has 1 fully saturated rings. The summed E-state index contributed by atoms with van der Waals surface area (Å²) < 4.78 is 0. The standard InChI is InChI=1S/C15H17N3O3/c19-13-6-5-11(17-13)15(21)16-7-8-18-12-4-2-1-3-10(12)9-14(18)20/h1-4,11H,5-9H2,(H,16,21)(H,17,19). The Morgan fingerprint density at radius 2 is 2.14 bits per heavy atom. The molecular weight excluding hydrogens is 270 g/mol. The van der Waals surface area contributed by atoms with Gasteiger partial charge in [-0.25, -0.2) is 0 Å². The average molecular weight is 287 g/mol. The molecular formula is C15H17N3O3. The van der Waals surface area contributed by atoms with Gasteiger partial charge in [-0.3, -0.25) is 14.4 Å². The normalized spacial score (nSPS) is 20.4. The molecule has 6 nitrogen and oxygen atoms in total. The van der Waals surface area contributed by atoms with Crippen LogP contribution in [0.15, 0.2) is 24.3 Å². The predicted octanol–water partition coefficient (Wildman–Crippen LogP) is -0.0295. The smallest absolute Gasteiger partial charge is 0.242 e. The van der Waals surface area contributed by atoms with E-state index in [0.717, 1.165) is 11.3 Å². The molecule has 1 unspecified atom stereocenters. The Kier molecular flexibility index (Phi) is 3.60. The molecule has 0 saturated carbocycles. The summed E-state index contributed by atoms with van der Waals surface area (Å²) in [5, 5.41) is 5.40. The molecule has 2 heterocycles. The molecule has 0 aliphatic carbocycles. The Labute approximate surface area is 122 Å². The lowest BCUT2D eigenvalue weighted by Gasteiger charge is -2.18. The van der Waals surface area contributed by atoms with E-state index >= 15 is 0 Å². The highest BCUT2D eigenvalue weighted by molar-refractivity contribution is 6.01. The fourth-order valence-corrected chi connectivity index (χ4v) is 2.79. The summed E-state index contributed by atoms with van der Waals surface area (Å²) in [6, 6.07) is 7.25. The number of benzene rings is 1. The fraction of sp³-hybridized carbons (Fsp3) is 0.400. The van der Waals surface area contributed by atoms with E-state index in [-0.39, 0.29) is 17.7 Å². The lowest BCUT2D eigenvalue weighted by molar-refractivity contribution is -0.125. The first-order valence-corrected chi connectivity index (χ1v) is 7.10. The molecule has 2 aliphatic rings. The molecule has 1 aromatic carbocycles. The lowest BCUT2D eigenvalue weighted by Crippen LogP contribution is -2.44. The molecule has 21 heavy (non-hydrogen) atoms. The molecule has 1 atom stereocenters. The predicted molar refractivity (Wildman–Crippen MR) is 76.7 cm³/mol. The summed E-state index contributed by atoms with van der Waals surface area (Å²) >= 11 is 0. The van der Waals surface area contributed by atoms with Gasteiger partial charge in [0, 0.05) is 25.2 Å². The number of hydrogen-bond donors (Lipinski definition) is 2. The molecule has 0 aromatic heterocycles. The highest BCUT2D eigenvalue weighted by Crippen LogP contribution is 2.27. The van der Waals surface area contributed by atoms with Crippen LogP contribution in [-0.4, -0.2) is 36.9 Å². The van der Waals surface area contributed by atoms with E-state index in [2.05, 4.69) is 10.6 Å². The number of nitrogens with zero attached hydrogens (tertiary/aromatic N) is 1. The number of carbonyl (C=O) groups is 3. The van der Waals surface area contributed by atoms with Crippen LogP contribution in [0.1, 0.15) is 18.4 Å². The summed E-state index contributed by atoms with van der Waals surface area (Å²) in [6.07, 6.45) is 1.36. The minimum atomic E-state index is -0.431. The van der Waals surface area contributed by atoms with Crippen LogP contribution in [-0.2, 0) is 20.8 Å². The van der Waals surface area contributed by atoms with Crippen molar-refractivity contribution >= 4 is 23.4 Å². The number of fused-ring (bicyclic) bond motifs is 1. The minimum absolute atomic E-state index is 0.0552. The van der Waals surface area contributed by atoms with Gasteiger partial charge in [-0.05, 0) is 18.1 Å². The Balaban J connectivity index is 1.53. The molecule has 110 valence electrons. The molecule has 0 spiro atoms. The average Bonchev–Trinajstić information content (AvgIpc) is 3.03. The van der Waals surface area contributed by atoms with Gasteiger partial charge < -0.3 is 15.5 Å². The van der Waals surface area contributed by atoms with Crippen LogP contribution in [0.5, 0.6) is 0 Å². The van der Waals surface area contributed by atoms with Crippen molar-refractivity contribution in [3.05, 3.63) is 29.8 Å². The summed E-state index contributed by atoms with van der Waals surface area (Å²) in [5.74, 6) is -0.209. The van der Waals surface area contributed by atoms with E-state index in [4.69, 9.17) is 0 Å². The largest absolute Gasteiger partial charge is 0.353 e. The number of carbonyl (C=O) groups excluding carboxylic acids is 3. The van der Waals surface area contributed by atoms with E-state index in [1.165, 1.54) is 0 Å². The second-order valence-electron chi connectivity index (χ2n) is 5.30. The maximum atomic E-state index is 12.0. The molecule has 2 aliphatic heterocycles. The van der Waals surface area contributed by atoms with Crippen LogP contribution < -0.4 is 15.5 Å². The third-order valence-corrected chi connectivity index (χ3v) is 3.87. The van der Waals surface area contributed by atoms with E-state index < -0.39 is 6.04 Å². The summed E-state index contributed by atoms with van der Waals surface area (Å²) in [6.45, 7) is 0.827. The van der Waals surface area contributed by atoms with Crippen LogP contribution in [0, 0.1) is 0 Å². The van der Waals surface area contributed by atoms with Gasteiger partial charge in [-0.15, -0.1) is 0 Å². The minimum Gasteiger partial charge on any atom is -0.353 e. The van der Waals surface area contributed by atoms with Crippen LogP contribution in [0.4, 0.5) is 5.69 Å². The Morgan fingerprint density at radius 1 is 1.33 bits per heavy atom. The molecule has 2 N–H and O–H groups in total. The van der Waals surface area contributed by atoms with Crippen molar-refractivity contribution < 1.29 is 14.4 Å². The molecule has 1 aromatic rings. The van der Waals surface area contributed by atoms with Crippen LogP contribution in [0.25, 0.3) is 0 Å². The topological polar surface area (TPSA) is 78.5 Å². The van der Waals surface area contributed by atoms with Gasteiger partial charge in [-0.2, -0.15) is 0 Å². The van der Waals surface area contributed by atoms with Crippen molar-refractivity contribution in [3.63, 3.8) is 0 Å². The second-order valence-corrected chi connectivity index (χ2v) is 5.30. The third-order valence-electron chi connectivity index (χ3n) is 3.87. The van der Waals surface area contributed by atoms with Gasteiger partial charge in [0.1, 0.15) is 6.04 Å². The van der Waals surface area contributed by atoms with Gasteiger partial charge >= 0.3 is 0 Å². The zero-order valence-corrected chi connectivity index (χ0v) is 11.6. The van der Waals surface area contributed by atoms with Gasteiger partial charge in [0.2, 0.25) is 17.7 Å². The monoisotopic (exact) mass is 287 g/mol. The van der Waals surface area contributed by atoms with E-state index in [9.17, 15) is 14.4 Å². The summed E-state index contributed by atoms with van der Waals surface area (Å²) in [7, 11) is 0. The van der Waals surface area contributed by atoms with Crippen LogP contribution >= 0.6 is 0 Å². The SMILES string of the molecule is O=C1CCC(C(=O)NCCN2C(=O)Cc3ccccc32)N1. The van der Waals surface area contributed by atoms with E-state index in [0.29, 0.717) is 32.4 Å². The zero-order chi connectivity index (χ0) is 14.8. The van der Waals surface area contributed by atoms with Gasteiger partial charge in [0.15, 0.2) is 0 Å². The Morgan fingerprint density at radius 3 is 2.90 bits per heavy atom. The summed E-state index contributed by atoms with van der Waals surface area (Å²) in [5.41, 5.74) is 1.95. The first-order chi connectivity index (χ1) is 10.1. The van der Waals surface area contributed by atoms with Crippen molar-refractivity contribution in [2.75, 3.05) is 18.0 Å². The van der Waals surface area contributed by atoms with E-state index in [1.807, 2.05) is 24.3 Å². The Bertz CT molecular complexity index is 600. The third kappa shape index (κ3) is 2.74.